The van der Waals surface area contributed by atoms with Gasteiger partial charge in [0.05, 0.1) is 17.2 Å². The zero-order valence-electron chi connectivity index (χ0n) is 17.1. The van der Waals surface area contributed by atoms with Gasteiger partial charge in [-0.3, -0.25) is 24.9 Å². The number of hydrogen-bond donors (Lipinski definition) is 1. The fourth-order valence-corrected chi connectivity index (χ4v) is 4.97. The van der Waals surface area contributed by atoms with E-state index in [1.807, 2.05) is 12.1 Å². The van der Waals surface area contributed by atoms with Crippen LogP contribution in [0.3, 0.4) is 0 Å². The summed E-state index contributed by atoms with van der Waals surface area (Å²) < 4.78 is 1.61. The van der Waals surface area contributed by atoms with Crippen molar-refractivity contribution in [3.05, 3.63) is 67.5 Å². The summed E-state index contributed by atoms with van der Waals surface area (Å²) in [4.78, 5) is 29.2. The molecule has 30 heavy (non-hydrogen) atoms. The lowest BCUT2D eigenvalue weighted by Crippen LogP contribution is -2.12. The number of nitrogens with zero attached hydrogens (tertiary/aromatic N) is 4. The minimum atomic E-state index is -0.404. The smallest absolute Gasteiger partial charge is 0.298 e. The summed E-state index contributed by atoms with van der Waals surface area (Å²) in [6, 6.07) is 7.18. The van der Waals surface area contributed by atoms with E-state index < -0.39 is 4.92 Å². The van der Waals surface area contributed by atoms with Crippen LogP contribution in [0.1, 0.15) is 51.2 Å². The average Bonchev–Trinajstić information content (AvgIpc) is 3.21. The first-order valence-electron chi connectivity index (χ1n) is 9.89. The molecule has 1 aliphatic carbocycles. The maximum absolute atomic E-state index is 12.6. The Morgan fingerprint density at radius 3 is 2.73 bits per heavy atom. The number of hydrogen-bond acceptors (Lipinski definition) is 6. The lowest BCUT2D eigenvalue weighted by atomic mass is 9.93. The second-order valence-electron chi connectivity index (χ2n) is 7.82. The van der Waals surface area contributed by atoms with Crippen molar-refractivity contribution in [1.29, 1.82) is 0 Å². The fraction of sp³-hybridized carbons (Fsp3) is 0.381. The van der Waals surface area contributed by atoms with E-state index in [1.165, 1.54) is 4.88 Å². The Labute approximate surface area is 178 Å². The van der Waals surface area contributed by atoms with Crippen LogP contribution in [0, 0.1) is 29.9 Å². The summed E-state index contributed by atoms with van der Waals surface area (Å²) >= 11 is 1.56. The zero-order chi connectivity index (χ0) is 21.4. The predicted molar refractivity (Wildman–Crippen MR) is 115 cm³/mol. The molecule has 156 valence electrons. The van der Waals surface area contributed by atoms with Crippen LogP contribution >= 0.6 is 11.3 Å². The van der Waals surface area contributed by atoms with Crippen LogP contribution in [0.2, 0.25) is 0 Å². The molecule has 0 aliphatic heterocycles. The van der Waals surface area contributed by atoms with Gasteiger partial charge in [0.1, 0.15) is 11.4 Å². The molecular weight excluding hydrogens is 402 g/mol. The Hall–Kier alpha value is -3.07. The van der Waals surface area contributed by atoms with E-state index in [4.69, 9.17) is 0 Å². The zero-order valence-corrected chi connectivity index (χ0v) is 18.0. The first-order valence-corrected chi connectivity index (χ1v) is 10.7. The maximum atomic E-state index is 12.6. The minimum Gasteiger partial charge on any atom is -0.298 e. The van der Waals surface area contributed by atoms with Crippen molar-refractivity contribution >= 4 is 28.1 Å². The molecule has 2 aromatic heterocycles. The fourth-order valence-electron chi connectivity index (χ4n) is 3.80. The highest BCUT2D eigenvalue weighted by Gasteiger charge is 2.22. The van der Waals surface area contributed by atoms with Gasteiger partial charge < -0.3 is 0 Å². The first kappa shape index (κ1) is 20.2. The molecule has 0 bridgehead atoms. The number of aryl methyl sites for hydroxylation is 2. The highest BCUT2D eigenvalue weighted by molar-refractivity contribution is 7.15. The molecule has 4 rings (SSSR count). The topological polar surface area (TPSA) is 103 Å². The number of thiazole rings is 1. The van der Waals surface area contributed by atoms with Gasteiger partial charge in [-0.15, -0.1) is 11.3 Å². The predicted octanol–water partition coefficient (Wildman–Crippen LogP) is 4.29. The largest absolute Gasteiger partial charge is 0.312 e. The number of amides is 1. The van der Waals surface area contributed by atoms with Crippen LogP contribution in [0.15, 0.2) is 24.3 Å². The van der Waals surface area contributed by atoms with Gasteiger partial charge in [0.25, 0.3) is 5.91 Å². The molecule has 0 saturated heterocycles. The highest BCUT2D eigenvalue weighted by atomic mass is 32.1. The molecule has 1 aliphatic rings. The van der Waals surface area contributed by atoms with Crippen LogP contribution in [-0.4, -0.2) is 25.6 Å². The van der Waals surface area contributed by atoms with E-state index >= 15 is 0 Å². The van der Waals surface area contributed by atoms with Gasteiger partial charge in [-0.25, -0.2) is 4.98 Å². The SMILES string of the molecule is Cc1nn(Cc2ccc(C(=O)Nc3nc4c(s3)CC(C)CC4)cc2)c(C)c1[N+](=O)[O-]. The highest BCUT2D eigenvalue weighted by Crippen LogP contribution is 2.32. The Morgan fingerprint density at radius 1 is 1.33 bits per heavy atom. The molecule has 8 nitrogen and oxygen atoms in total. The van der Waals surface area contributed by atoms with E-state index in [0.717, 1.165) is 30.5 Å². The summed E-state index contributed by atoms with van der Waals surface area (Å²) in [6.45, 7) is 5.97. The molecule has 0 spiro atoms. The summed E-state index contributed by atoms with van der Waals surface area (Å²) in [7, 11) is 0. The molecule has 1 aromatic carbocycles. The molecule has 3 aromatic rings. The second-order valence-corrected chi connectivity index (χ2v) is 8.91. The summed E-state index contributed by atoms with van der Waals surface area (Å²) in [5.74, 6) is 0.472. The van der Waals surface area contributed by atoms with Gasteiger partial charge in [-0.1, -0.05) is 19.1 Å². The van der Waals surface area contributed by atoms with Crippen LogP contribution in [0.25, 0.3) is 0 Å². The van der Waals surface area contributed by atoms with Gasteiger partial charge >= 0.3 is 5.69 Å². The Kier molecular flexibility index (Phi) is 5.38. The minimum absolute atomic E-state index is 0.0477. The molecule has 9 heteroatoms. The number of anilines is 1. The van der Waals surface area contributed by atoms with Crippen LogP contribution < -0.4 is 5.32 Å². The number of nitrogens with one attached hydrogen (secondary N) is 1. The summed E-state index contributed by atoms with van der Waals surface area (Å²) in [5.41, 5.74) is 3.52. The van der Waals surface area contributed by atoms with Gasteiger partial charge in [0.15, 0.2) is 5.13 Å². The van der Waals surface area contributed by atoms with E-state index in [-0.39, 0.29) is 11.6 Å². The van der Waals surface area contributed by atoms with Crippen LogP contribution in [-0.2, 0) is 19.4 Å². The van der Waals surface area contributed by atoms with Crippen molar-refractivity contribution in [3.63, 3.8) is 0 Å². The molecular formula is C21H23N5O3S. The Morgan fingerprint density at radius 2 is 2.07 bits per heavy atom. The third kappa shape index (κ3) is 3.97. The van der Waals surface area contributed by atoms with E-state index in [1.54, 1.807) is 42.0 Å². The summed E-state index contributed by atoms with van der Waals surface area (Å²) in [6.07, 6.45) is 3.15. The number of nitro groups is 1. The van der Waals surface area contributed by atoms with Gasteiger partial charge in [0.2, 0.25) is 0 Å². The van der Waals surface area contributed by atoms with Crippen molar-refractivity contribution in [2.45, 2.75) is 46.6 Å². The third-order valence-electron chi connectivity index (χ3n) is 5.48. The molecule has 1 amide bonds. The van der Waals surface area contributed by atoms with E-state index in [2.05, 4.69) is 22.3 Å². The lowest BCUT2D eigenvalue weighted by Gasteiger charge is -2.15. The molecule has 0 saturated carbocycles. The average molecular weight is 426 g/mol. The monoisotopic (exact) mass is 425 g/mol. The number of carbonyl (C=O) groups excluding carboxylic acids is 1. The van der Waals surface area contributed by atoms with Crippen molar-refractivity contribution in [2.24, 2.45) is 5.92 Å². The quantitative estimate of drug-likeness (QED) is 0.485. The third-order valence-corrected chi connectivity index (χ3v) is 6.52. The number of rotatable bonds is 5. The van der Waals surface area contributed by atoms with Crippen molar-refractivity contribution in [1.82, 2.24) is 14.8 Å². The van der Waals surface area contributed by atoms with Crippen molar-refractivity contribution < 1.29 is 9.72 Å². The van der Waals surface area contributed by atoms with E-state index in [9.17, 15) is 14.9 Å². The van der Waals surface area contributed by atoms with Gasteiger partial charge in [-0.05, 0) is 56.7 Å². The molecule has 1 unspecified atom stereocenters. The van der Waals surface area contributed by atoms with Gasteiger partial charge in [-0.2, -0.15) is 5.10 Å². The molecule has 1 N–H and O–H groups in total. The second kappa shape index (κ2) is 7.98. The van der Waals surface area contributed by atoms with Gasteiger partial charge in [0, 0.05) is 10.4 Å². The van der Waals surface area contributed by atoms with E-state index in [0.29, 0.717) is 34.5 Å². The molecule has 0 fully saturated rings. The number of carbonyl (C=O) groups is 1. The number of aromatic nitrogens is 3. The first-order chi connectivity index (χ1) is 14.3. The molecule has 1 atom stereocenters. The maximum Gasteiger partial charge on any atom is 0.312 e. The number of fused-ring (bicyclic) bond motifs is 1. The Balaban J connectivity index is 1.44. The number of benzene rings is 1. The Bertz CT molecular complexity index is 1120. The van der Waals surface area contributed by atoms with Crippen LogP contribution in [0.5, 0.6) is 0 Å². The van der Waals surface area contributed by atoms with Crippen molar-refractivity contribution in [2.75, 3.05) is 5.32 Å². The summed E-state index contributed by atoms with van der Waals surface area (Å²) in [5, 5.41) is 19.0. The molecule has 0 radical (unpaired) electrons. The standard InChI is InChI=1S/C21H23N5O3S/c1-12-4-9-17-18(10-12)30-21(22-17)23-20(27)16-7-5-15(6-8-16)11-25-14(3)19(26(28)29)13(2)24-25/h5-8,12H,4,9-11H2,1-3H3,(H,22,23,27). The van der Waals surface area contributed by atoms with Crippen LogP contribution in [0.4, 0.5) is 10.8 Å². The lowest BCUT2D eigenvalue weighted by molar-refractivity contribution is -0.386. The van der Waals surface area contributed by atoms with Crippen molar-refractivity contribution in [3.8, 4) is 0 Å². The normalized spacial score (nSPS) is 15.6. The molecule has 2 heterocycles.